The van der Waals surface area contributed by atoms with Gasteiger partial charge in [0.15, 0.2) is 0 Å². The minimum atomic E-state index is -0.839. The molecular weight excluding hydrogens is 611 g/mol. The summed E-state index contributed by atoms with van der Waals surface area (Å²) in [6, 6.07) is 20.4. The first kappa shape index (κ1) is 26.7. The van der Waals surface area contributed by atoms with Crippen molar-refractivity contribution in [3.63, 3.8) is 0 Å². The molecule has 0 saturated carbocycles. The average Bonchev–Trinajstić information content (AvgIpc) is 3.56. The van der Waals surface area contributed by atoms with E-state index in [1.807, 2.05) is 48.5 Å². The molecule has 9 nitrogen and oxygen atoms in total. The molecule has 0 radical (unpaired) electrons. The summed E-state index contributed by atoms with van der Waals surface area (Å²) >= 11 is 2.25. The number of methoxy groups -OCH3 is 1. The predicted molar refractivity (Wildman–Crippen MR) is 153 cm³/mol. The Bertz CT molecular complexity index is 1440. The van der Waals surface area contributed by atoms with Gasteiger partial charge in [0.1, 0.15) is 36.0 Å². The molecule has 3 N–H and O–H groups in total. The first-order valence-electron chi connectivity index (χ1n) is 12.4. The maximum absolute atomic E-state index is 13.7. The molecule has 39 heavy (non-hydrogen) atoms. The summed E-state index contributed by atoms with van der Waals surface area (Å²) < 4.78 is 11.8. The summed E-state index contributed by atoms with van der Waals surface area (Å²) in [6.07, 6.45) is 2.09. The van der Waals surface area contributed by atoms with Crippen LogP contribution >= 0.6 is 22.6 Å². The zero-order valence-electron chi connectivity index (χ0n) is 21.1. The van der Waals surface area contributed by atoms with Gasteiger partial charge in [0.2, 0.25) is 0 Å². The summed E-state index contributed by atoms with van der Waals surface area (Å²) in [6.45, 7) is 0.0775. The molecule has 200 valence electrons. The van der Waals surface area contributed by atoms with Crippen molar-refractivity contribution in [2.45, 2.75) is 18.5 Å². The molecule has 0 aliphatic carbocycles. The third-order valence-electron chi connectivity index (χ3n) is 6.51. The highest BCUT2D eigenvalue weighted by atomic mass is 127. The third-order valence-corrected chi connectivity index (χ3v) is 7.23. The maximum atomic E-state index is 13.7. The second-order valence-electron chi connectivity index (χ2n) is 8.99. The van der Waals surface area contributed by atoms with Crippen LogP contribution in [0.2, 0.25) is 0 Å². The van der Waals surface area contributed by atoms with Gasteiger partial charge in [-0.1, -0.05) is 36.4 Å². The zero-order chi connectivity index (χ0) is 27.4. The van der Waals surface area contributed by atoms with Gasteiger partial charge in [-0.25, -0.2) is 9.78 Å². The number of ether oxygens (including phenoxy) is 2. The Balaban J connectivity index is 1.45. The standard InChI is InChI=1S/C29H27IN4O5/c1-38-22-10-2-18(3-11-22)16-25(27-31-17-24(32-27)19-4-8-21(30)9-5-19)34-28(36)26(33-29(34)37)20-6-12-23(13-7-20)39-15-14-35/h2-13,17,25-26,35H,14-16H2,1H3,(H,31,32)(H,33,37)/t25-,26?/m0/s1. The van der Waals surface area contributed by atoms with Crippen LogP contribution in [-0.2, 0) is 11.2 Å². The van der Waals surface area contributed by atoms with Crippen molar-refractivity contribution in [3.05, 3.63) is 99.5 Å². The lowest BCUT2D eigenvalue weighted by Gasteiger charge is -2.24. The molecule has 1 saturated heterocycles. The maximum Gasteiger partial charge on any atom is 0.325 e. The Morgan fingerprint density at radius 2 is 1.69 bits per heavy atom. The van der Waals surface area contributed by atoms with Crippen molar-refractivity contribution in [1.82, 2.24) is 20.2 Å². The van der Waals surface area contributed by atoms with Gasteiger partial charge in [0.25, 0.3) is 5.91 Å². The molecule has 1 aliphatic rings. The molecule has 10 heteroatoms. The van der Waals surface area contributed by atoms with E-state index >= 15 is 0 Å². The summed E-state index contributed by atoms with van der Waals surface area (Å²) in [4.78, 5) is 36.2. The Hall–Kier alpha value is -3.90. The molecule has 4 aromatic rings. The number of hydrogen-bond acceptors (Lipinski definition) is 6. The highest BCUT2D eigenvalue weighted by Crippen LogP contribution is 2.33. The molecule has 0 bridgehead atoms. The van der Waals surface area contributed by atoms with Gasteiger partial charge >= 0.3 is 6.03 Å². The van der Waals surface area contributed by atoms with Crippen LogP contribution in [0.3, 0.4) is 0 Å². The molecule has 5 rings (SSSR count). The molecule has 1 aliphatic heterocycles. The van der Waals surface area contributed by atoms with Crippen molar-refractivity contribution < 1.29 is 24.2 Å². The topological polar surface area (TPSA) is 117 Å². The number of urea groups is 1. The summed E-state index contributed by atoms with van der Waals surface area (Å²) in [7, 11) is 1.60. The molecule has 2 atom stereocenters. The lowest BCUT2D eigenvalue weighted by Crippen LogP contribution is -2.36. The first-order valence-corrected chi connectivity index (χ1v) is 13.5. The van der Waals surface area contributed by atoms with Crippen molar-refractivity contribution in [2.75, 3.05) is 20.3 Å². The number of H-pyrrole nitrogens is 1. The molecule has 2 heterocycles. The van der Waals surface area contributed by atoms with E-state index in [4.69, 9.17) is 14.6 Å². The number of imide groups is 1. The van der Waals surface area contributed by atoms with Crippen LogP contribution in [0.25, 0.3) is 11.3 Å². The SMILES string of the molecule is COc1ccc(C[C@@H](c2ncc(-c3ccc(I)cc3)[nH]2)N2C(=O)NC(c3ccc(OCCO)cc3)C2=O)cc1. The minimum absolute atomic E-state index is 0.0957. The molecule has 1 fully saturated rings. The van der Waals surface area contributed by atoms with E-state index in [1.54, 1.807) is 37.6 Å². The third kappa shape index (κ3) is 5.91. The van der Waals surface area contributed by atoms with Gasteiger partial charge in [-0.15, -0.1) is 0 Å². The number of imidazole rings is 1. The number of halogens is 1. The van der Waals surface area contributed by atoms with E-state index in [0.29, 0.717) is 23.6 Å². The number of hydrogen-bond donors (Lipinski definition) is 3. The van der Waals surface area contributed by atoms with Gasteiger partial charge in [-0.2, -0.15) is 0 Å². The summed E-state index contributed by atoms with van der Waals surface area (Å²) in [5.41, 5.74) is 3.30. The number of aliphatic hydroxyl groups is 1. The van der Waals surface area contributed by atoms with Crippen molar-refractivity contribution in [2.24, 2.45) is 0 Å². The number of nitrogens with zero attached hydrogens (tertiary/aromatic N) is 2. The molecular formula is C29H27IN4O5. The number of amides is 3. The fraction of sp³-hybridized carbons (Fsp3) is 0.207. The van der Waals surface area contributed by atoms with E-state index in [0.717, 1.165) is 26.1 Å². The second-order valence-corrected chi connectivity index (χ2v) is 10.2. The number of rotatable bonds is 10. The number of nitrogens with one attached hydrogen (secondary N) is 2. The van der Waals surface area contributed by atoms with Crippen molar-refractivity contribution in [3.8, 4) is 22.8 Å². The molecule has 1 unspecified atom stereocenters. The number of carbonyl (C=O) groups is 2. The summed E-state index contributed by atoms with van der Waals surface area (Å²) in [5.74, 6) is 1.43. The summed E-state index contributed by atoms with van der Waals surface area (Å²) in [5, 5.41) is 11.8. The van der Waals surface area contributed by atoms with Crippen LogP contribution in [0, 0.1) is 3.57 Å². The fourth-order valence-corrected chi connectivity index (χ4v) is 4.87. The van der Waals surface area contributed by atoms with E-state index in [9.17, 15) is 9.59 Å². The predicted octanol–water partition coefficient (Wildman–Crippen LogP) is 4.64. The zero-order valence-corrected chi connectivity index (χ0v) is 23.3. The number of benzene rings is 3. The highest BCUT2D eigenvalue weighted by molar-refractivity contribution is 14.1. The molecule has 0 spiro atoms. The van der Waals surface area contributed by atoms with Crippen LogP contribution in [0.4, 0.5) is 4.79 Å². The highest BCUT2D eigenvalue weighted by Gasteiger charge is 2.44. The number of aromatic nitrogens is 2. The molecule has 3 amide bonds. The van der Waals surface area contributed by atoms with E-state index in [1.165, 1.54) is 4.90 Å². The van der Waals surface area contributed by atoms with Crippen molar-refractivity contribution >= 4 is 34.5 Å². The Morgan fingerprint density at radius 3 is 2.36 bits per heavy atom. The van der Waals surface area contributed by atoms with Crippen molar-refractivity contribution in [1.29, 1.82) is 0 Å². The van der Waals surface area contributed by atoms with Crippen LogP contribution in [0.15, 0.2) is 79.0 Å². The molecule has 3 aromatic carbocycles. The number of aliphatic hydroxyl groups excluding tert-OH is 1. The van der Waals surface area contributed by atoms with E-state index in [2.05, 4.69) is 37.9 Å². The van der Waals surface area contributed by atoms with Gasteiger partial charge < -0.3 is 24.9 Å². The van der Waals surface area contributed by atoms with Gasteiger partial charge in [-0.05, 0) is 75.7 Å². The number of carbonyl (C=O) groups excluding carboxylic acids is 2. The van der Waals surface area contributed by atoms with Gasteiger partial charge in [-0.3, -0.25) is 9.69 Å². The normalized spacial score (nSPS) is 15.8. The Kier molecular flexibility index (Phi) is 8.13. The second kappa shape index (κ2) is 11.9. The lowest BCUT2D eigenvalue weighted by atomic mass is 10.0. The van der Waals surface area contributed by atoms with Gasteiger partial charge in [0, 0.05) is 9.99 Å². The fourth-order valence-electron chi connectivity index (χ4n) is 4.51. The molecule has 1 aromatic heterocycles. The minimum Gasteiger partial charge on any atom is -0.497 e. The van der Waals surface area contributed by atoms with Crippen LogP contribution in [0.1, 0.15) is 29.0 Å². The van der Waals surface area contributed by atoms with Crippen LogP contribution in [-0.4, -0.2) is 52.2 Å². The first-order chi connectivity index (χ1) is 19.0. The van der Waals surface area contributed by atoms with E-state index in [-0.39, 0.29) is 19.1 Å². The van der Waals surface area contributed by atoms with Crippen LogP contribution in [0.5, 0.6) is 11.5 Å². The quantitative estimate of drug-likeness (QED) is 0.172. The van der Waals surface area contributed by atoms with E-state index < -0.39 is 18.1 Å². The largest absolute Gasteiger partial charge is 0.497 e. The Morgan fingerprint density at radius 1 is 1.00 bits per heavy atom. The Labute approximate surface area is 239 Å². The lowest BCUT2D eigenvalue weighted by molar-refractivity contribution is -0.129. The van der Waals surface area contributed by atoms with Gasteiger partial charge in [0.05, 0.1) is 25.6 Å². The average molecular weight is 638 g/mol. The van der Waals surface area contributed by atoms with Crippen LogP contribution < -0.4 is 14.8 Å². The number of aromatic amines is 1. The smallest absolute Gasteiger partial charge is 0.325 e. The monoisotopic (exact) mass is 638 g/mol.